The lowest BCUT2D eigenvalue weighted by Gasteiger charge is -2.44. The van der Waals surface area contributed by atoms with E-state index in [0.717, 1.165) is 48.1 Å². The smallest absolute Gasteiger partial charge is 0.132 e. The summed E-state index contributed by atoms with van der Waals surface area (Å²) in [5.41, 5.74) is 3.99. The first-order valence-electron chi connectivity index (χ1n) is 15.4. The van der Waals surface area contributed by atoms with E-state index in [1.54, 1.807) is 0 Å². The minimum absolute atomic E-state index is 0.212. The van der Waals surface area contributed by atoms with Crippen LogP contribution in [0.4, 0.5) is 5.69 Å². The van der Waals surface area contributed by atoms with Crippen molar-refractivity contribution in [2.24, 2.45) is 5.92 Å². The average molecular weight is 550 g/mol. The highest BCUT2D eigenvalue weighted by atomic mass is 16.6. The van der Waals surface area contributed by atoms with Gasteiger partial charge in [0.05, 0.1) is 6.61 Å². The minimum atomic E-state index is -0.543. The predicted molar refractivity (Wildman–Crippen MR) is 167 cm³/mol. The number of benzene rings is 4. The van der Waals surface area contributed by atoms with Gasteiger partial charge in [-0.1, -0.05) is 98.8 Å². The number of anilines is 1. The number of rotatable bonds is 10. The zero-order chi connectivity index (χ0) is 28.1. The Morgan fingerprint density at radius 1 is 0.780 bits per heavy atom. The molecule has 0 bridgehead atoms. The normalized spacial score (nSPS) is 20.3. The zero-order valence-electron chi connectivity index (χ0n) is 24.5. The number of hydrogen-bond acceptors (Lipinski definition) is 4. The quantitative estimate of drug-likeness (QED) is 0.214. The van der Waals surface area contributed by atoms with Gasteiger partial charge in [-0.25, -0.2) is 0 Å². The van der Waals surface area contributed by atoms with E-state index in [9.17, 15) is 0 Å². The molecule has 0 aromatic heterocycles. The van der Waals surface area contributed by atoms with E-state index in [2.05, 4.69) is 110 Å². The Bertz CT molecular complexity index is 1430. The highest BCUT2D eigenvalue weighted by molar-refractivity contribution is 5.82. The monoisotopic (exact) mass is 549 g/mol. The Hall–Kier alpha value is -3.34. The third-order valence-electron chi connectivity index (χ3n) is 8.78. The van der Waals surface area contributed by atoms with Crippen molar-refractivity contribution < 1.29 is 14.2 Å². The van der Waals surface area contributed by atoms with E-state index < -0.39 is 5.60 Å². The fourth-order valence-corrected chi connectivity index (χ4v) is 6.46. The largest absolute Gasteiger partial charge is 0.485 e. The van der Waals surface area contributed by atoms with E-state index in [1.165, 1.54) is 48.4 Å². The molecule has 4 aromatic carbocycles. The van der Waals surface area contributed by atoms with Crippen molar-refractivity contribution >= 4 is 16.5 Å². The first kappa shape index (κ1) is 27.8. The van der Waals surface area contributed by atoms with Gasteiger partial charge in [0.1, 0.15) is 23.6 Å². The van der Waals surface area contributed by atoms with Crippen LogP contribution < -0.4 is 10.1 Å². The molecule has 0 radical (unpaired) electrons. The van der Waals surface area contributed by atoms with Crippen LogP contribution in [0.15, 0.2) is 91.0 Å². The molecule has 0 amide bonds. The summed E-state index contributed by atoms with van der Waals surface area (Å²) in [7, 11) is 0. The van der Waals surface area contributed by atoms with Crippen LogP contribution in [0.3, 0.4) is 0 Å². The van der Waals surface area contributed by atoms with Crippen molar-refractivity contribution in [2.45, 2.75) is 83.3 Å². The molecule has 2 atom stereocenters. The van der Waals surface area contributed by atoms with E-state index >= 15 is 0 Å². The predicted octanol–water partition coefficient (Wildman–Crippen LogP) is 9.24. The van der Waals surface area contributed by atoms with Gasteiger partial charge in [-0.3, -0.25) is 0 Å². The summed E-state index contributed by atoms with van der Waals surface area (Å²) in [4.78, 5) is 0. The summed E-state index contributed by atoms with van der Waals surface area (Å²) in [6, 6.07) is 31.9. The maximum atomic E-state index is 6.80. The maximum absolute atomic E-state index is 6.80. The molecule has 4 heteroatoms. The van der Waals surface area contributed by atoms with Crippen LogP contribution in [0.1, 0.15) is 75.2 Å². The highest BCUT2D eigenvalue weighted by Crippen LogP contribution is 2.45. The van der Waals surface area contributed by atoms with Crippen LogP contribution in [0.5, 0.6) is 5.75 Å². The van der Waals surface area contributed by atoms with Crippen molar-refractivity contribution in [3.8, 4) is 5.75 Å². The second-order valence-corrected chi connectivity index (χ2v) is 12.3. The third kappa shape index (κ3) is 6.77. The van der Waals surface area contributed by atoms with E-state index in [1.807, 2.05) is 0 Å². The van der Waals surface area contributed by atoms with Gasteiger partial charge in [0.25, 0.3) is 0 Å². The van der Waals surface area contributed by atoms with Crippen molar-refractivity contribution in [3.05, 3.63) is 108 Å². The van der Waals surface area contributed by atoms with E-state index in [0.29, 0.717) is 6.61 Å². The van der Waals surface area contributed by atoms with Gasteiger partial charge < -0.3 is 19.5 Å². The molecule has 4 aromatic rings. The van der Waals surface area contributed by atoms with Crippen molar-refractivity contribution in [2.75, 3.05) is 11.9 Å². The van der Waals surface area contributed by atoms with Crippen LogP contribution in [0.25, 0.3) is 10.8 Å². The van der Waals surface area contributed by atoms with Gasteiger partial charge >= 0.3 is 0 Å². The SMILES string of the molecule is CC1(C)Oc2ccc(NCc3ccccc3)cc2C(OCCC2CCCCC2)C1OCc1ccc2ccccc2c1. The first-order valence-corrected chi connectivity index (χ1v) is 15.4. The molecule has 6 rings (SSSR count). The van der Waals surface area contributed by atoms with Crippen LogP contribution >= 0.6 is 0 Å². The van der Waals surface area contributed by atoms with Gasteiger partial charge in [0, 0.05) is 24.4 Å². The summed E-state index contributed by atoms with van der Waals surface area (Å²) >= 11 is 0. The molecular weight excluding hydrogens is 506 g/mol. The lowest BCUT2D eigenvalue weighted by Crippen LogP contribution is -2.51. The Balaban J connectivity index is 1.23. The van der Waals surface area contributed by atoms with Crippen LogP contribution in [0, 0.1) is 5.92 Å². The van der Waals surface area contributed by atoms with Crippen molar-refractivity contribution in [1.29, 1.82) is 0 Å². The molecule has 4 nitrogen and oxygen atoms in total. The molecule has 1 heterocycles. The summed E-state index contributed by atoms with van der Waals surface area (Å²) in [6.45, 7) is 6.26. The lowest BCUT2D eigenvalue weighted by molar-refractivity contribution is -0.168. The number of fused-ring (bicyclic) bond motifs is 2. The Morgan fingerprint density at radius 2 is 1.56 bits per heavy atom. The molecule has 0 spiro atoms. The molecule has 2 unspecified atom stereocenters. The molecule has 1 saturated carbocycles. The summed E-state index contributed by atoms with van der Waals surface area (Å²) < 4.78 is 20.2. The van der Waals surface area contributed by atoms with E-state index in [-0.39, 0.29) is 12.2 Å². The molecule has 1 fully saturated rings. The topological polar surface area (TPSA) is 39.7 Å². The first-order chi connectivity index (χ1) is 20.0. The van der Waals surface area contributed by atoms with E-state index in [4.69, 9.17) is 14.2 Å². The molecule has 0 saturated heterocycles. The van der Waals surface area contributed by atoms with Crippen LogP contribution in [-0.2, 0) is 22.6 Å². The number of nitrogens with one attached hydrogen (secondary N) is 1. The van der Waals surface area contributed by atoms with Gasteiger partial charge in [0.15, 0.2) is 0 Å². The summed E-state index contributed by atoms with van der Waals surface area (Å²) in [5.74, 6) is 1.65. The van der Waals surface area contributed by atoms with Gasteiger partial charge in [-0.05, 0) is 72.4 Å². The van der Waals surface area contributed by atoms with Gasteiger partial charge in [0.2, 0.25) is 0 Å². The Labute approximate surface area is 245 Å². The average Bonchev–Trinajstić information content (AvgIpc) is 3.00. The van der Waals surface area contributed by atoms with Crippen LogP contribution in [-0.4, -0.2) is 18.3 Å². The summed E-state index contributed by atoms with van der Waals surface area (Å²) in [6.07, 6.45) is 7.38. The Kier molecular flexibility index (Phi) is 8.59. The van der Waals surface area contributed by atoms with Crippen molar-refractivity contribution in [3.63, 3.8) is 0 Å². The minimum Gasteiger partial charge on any atom is -0.485 e. The fraction of sp³-hybridized carbons (Fsp3) is 0.405. The fourth-order valence-electron chi connectivity index (χ4n) is 6.46. The molecule has 2 aliphatic rings. The molecule has 214 valence electrons. The molecule has 1 aliphatic heterocycles. The standard InChI is InChI=1S/C37H43NO3/c1-37(2)36(40-26-29-17-18-30-15-9-10-16-31(30)23-29)35(39-22-21-27-11-5-3-6-12-27)33-24-32(19-20-34(33)41-37)38-25-28-13-7-4-8-14-28/h4,7-10,13-20,23-24,27,35-36,38H,3,5-6,11-12,21-22,25-26H2,1-2H3. The number of hydrogen-bond donors (Lipinski definition) is 1. The maximum Gasteiger partial charge on any atom is 0.132 e. The second kappa shape index (κ2) is 12.7. The summed E-state index contributed by atoms with van der Waals surface area (Å²) in [5, 5.41) is 6.07. The van der Waals surface area contributed by atoms with Gasteiger partial charge in [-0.2, -0.15) is 0 Å². The molecule has 1 N–H and O–H groups in total. The van der Waals surface area contributed by atoms with Gasteiger partial charge in [-0.15, -0.1) is 0 Å². The molecular formula is C37H43NO3. The zero-order valence-corrected chi connectivity index (χ0v) is 24.5. The van der Waals surface area contributed by atoms with Crippen molar-refractivity contribution in [1.82, 2.24) is 0 Å². The highest BCUT2D eigenvalue weighted by Gasteiger charge is 2.45. The van der Waals surface area contributed by atoms with Crippen LogP contribution in [0.2, 0.25) is 0 Å². The molecule has 1 aliphatic carbocycles. The number of ether oxygens (including phenoxy) is 3. The Morgan fingerprint density at radius 3 is 2.39 bits per heavy atom. The third-order valence-corrected chi connectivity index (χ3v) is 8.78. The molecule has 41 heavy (non-hydrogen) atoms. The lowest BCUT2D eigenvalue weighted by atomic mass is 9.86. The second-order valence-electron chi connectivity index (χ2n) is 12.3.